The van der Waals surface area contributed by atoms with E-state index >= 15 is 0 Å². The molecule has 1 aromatic rings. The first-order valence-electron chi connectivity index (χ1n) is 5.11. The van der Waals surface area contributed by atoms with Gasteiger partial charge in [-0.05, 0) is 13.0 Å². The number of furan rings is 1. The second-order valence-electron chi connectivity index (χ2n) is 3.66. The minimum Gasteiger partial charge on any atom is -0.469 e. The molecule has 1 atom stereocenters. The topological polar surface area (TPSA) is 68.7 Å². The quantitative estimate of drug-likeness (QED) is 0.794. The summed E-state index contributed by atoms with van der Waals surface area (Å²) >= 11 is 0. The smallest absolute Gasteiger partial charge is 0.253 e. The van der Waals surface area contributed by atoms with Gasteiger partial charge in [0.05, 0.1) is 6.26 Å². The fourth-order valence-electron chi connectivity index (χ4n) is 1.45. The first-order valence-corrected chi connectivity index (χ1v) is 5.11. The van der Waals surface area contributed by atoms with Crippen LogP contribution in [-0.4, -0.2) is 37.6 Å². The van der Waals surface area contributed by atoms with E-state index in [2.05, 4.69) is 0 Å². The minimum absolute atomic E-state index is 0.120. The molecule has 0 bridgehead atoms. The van der Waals surface area contributed by atoms with Crippen molar-refractivity contribution in [1.82, 2.24) is 4.90 Å². The number of aryl methyl sites for hydroxylation is 1. The SMILES string of the molecule is COC(CN)C(=O)N(C)Cc1ccoc1C. The van der Waals surface area contributed by atoms with E-state index in [1.807, 2.05) is 13.0 Å². The maximum Gasteiger partial charge on any atom is 0.253 e. The number of hydrogen-bond donors (Lipinski definition) is 1. The van der Waals surface area contributed by atoms with Crippen LogP contribution >= 0.6 is 0 Å². The lowest BCUT2D eigenvalue weighted by Gasteiger charge is -2.21. The van der Waals surface area contributed by atoms with Crippen LogP contribution in [0.3, 0.4) is 0 Å². The highest BCUT2D eigenvalue weighted by atomic mass is 16.5. The zero-order chi connectivity index (χ0) is 12.1. The van der Waals surface area contributed by atoms with Crippen molar-refractivity contribution in [3.05, 3.63) is 23.7 Å². The third-order valence-corrected chi connectivity index (χ3v) is 2.52. The molecule has 0 radical (unpaired) electrons. The Kier molecular flexibility index (Phi) is 4.52. The van der Waals surface area contributed by atoms with Gasteiger partial charge < -0.3 is 19.8 Å². The summed E-state index contributed by atoms with van der Waals surface area (Å²) < 4.78 is 10.2. The van der Waals surface area contributed by atoms with Crippen LogP contribution in [-0.2, 0) is 16.1 Å². The number of methoxy groups -OCH3 is 1. The molecular weight excluding hydrogens is 208 g/mol. The van der Waals surface area contributed by atoms with Gasteiger partial charge in [-0.3, -0.25) is 4.79 Å². The molecule has 1 heterocycles. The van der Waals surface area contributed by atoms with Crippen molar-refractivity contribution in [3.63, 3.8) is 0 Å². The second-order valence-corrected chi connectivity index (χ2v) is 3.66. The Labute approximate surface area is 95.2 Å². The van der Waals surface area contributed by atoms with Crippen LogP contribution in [0.15, 0.2) is 16.7 Å². The van der Waals surface area contributed by atoms with Crippen molar-refractivity contribution in [1.29, 1.82) is 0 Å². The zero-order valence-corrected chi connectivity index (χ0v) is 9.90. The van der Waals surface area contributed by atoms with Crippen LogP contribution < -0.4 is 5.73 Å². The van der Waals surface area contributed by atoms with Gasteiger partial charge in [0.25, 0.3) is 5.91 Å². The molecule has 0 aromatic carbocycles. The van der Waals surface area contributed by atoms with Crippen LogP contribution in [0, 0.1) is 6.92 Å². The van der Waals surface area contributed by atoms with Gasteiger partial charge >= 0.3 is 0 Å². The van der Waals surface area contributed by atoms with Crippen LogP contribution in [0.2, 0.25) is 0 Å². The van der Waals surface area contributed by atoms with E-state index in [-0.39, 0.29) is 12.5 Å². The summed E-state index contributed by atoms with van der Waals surface area (Å²) in [6.07, 6.45) is 1.04. The first kappa shape index (κ1) is 12.7. The highest BCUT2D eigenvalue weighted by Gasteiger charge is 2.20. The number of nitrogens with zero attached hydrogens (tertiary/aromatic N) is 1. The third-order valence-electron chi connectivity index (χ3n) is 2.52. The molecule has 0 aliphatic carbocycles. The predicted octanol–water partition coefficient (Wildman–Crippen LogP) is 0.520. The van der Waals surface area contributed by atoms with Crippen molar-refractivity contribution < 1.29 is 13.9 Å². The minimum atomic E-state index is -0.572. The van der Waals surface area contributed by atoms with E-state index in [4.69, 9.17) is 14.9 Å². The molecule has 1 aromatic heterocycles. The number of carbonyl (C=O) groups is 1. The highest BCUT2D eigenvalue weighted by Crippen LogP contribution is 2.11. The molecule has 5 nitrogen and oxygen atoms in total. The van der Waals surface area contributed by atoms with Crippen LogP contribution in [0.5, 0.6) is 0 Å². The van der Waals surface area contributed by atoms with Gasteiger partial charge in [0, 0.05) is 32.8 Å². The van der Waals surface area contributed by atoms with Gasteiger partial charge in [0.2, 0.25) is 0 Å². The summed E-state index contributed by atoms with van der Waals surface area (Å²) in [5.74, 6) is 0.701. The number of nitrogens with two attached hydrogens (primary N) is 1. The van der Waals surface area contributed by atoms with Gasteiger partial charge in [-0.2, -0.15) is 0 Å². The van der Waals surface area contributed by atoms with E-state index in [0.717, 1.165) is 11.3 Å². The maximum absolute atomic E-state index is 11.8. The molecule has 16 heavy (non-hydrogen) atoms. The number of rotatable bonds is 5. The summed E-state index contributed by atoms with van der Waals surface area (Å²) in [6.45, 7) is 2.55. The van der Waals surface area contributed by atoms with Crippen molar-refractivity contribution >= 4 is 5.91 Å². The molecule has 2 N–H and O–H groups in total. The fraction of sp³-hybridized carbons (Fsp3) is 0.545. The molecule has 0 spiro atoms. The average Bonchev–Trinajstić information content (AvgIpc) is 2.66. The Morgan fingerprint density at radius 2 is 2.38 bits per heavy atom. The van der Waals surface area contributed by atoms with E-state index in [9.17, 15) is 4.79 Å². The van der Waals surface area contributed by atoms with Crippen LogP contribution in [0.1, 0.15) is 11.3 Å². The van der Waals surface area contributed by atoms with Crippen molar-refractivity contribution in [2.45, 2.75) is 19.6 Å². The number of likely N-dealkylation sites (N-methyl/N-ethyl adjacent to an activating group) is 1. The van der Waals surface area contributed by atoms with Gasteiger partial charge in [-0.15, -0.1) is 0 Å². The Morgan fingerprint density at radius 3 is 2.81 bits per heavy atom. The maximum atomic E-state index is 11.8. The number of amides is 1. The van der Waals surface area contributed by atoms with E-state index < -0.39 is 6.10 Å². The molecule has 0 saturated heterocycles. The summed E-state index contributed by atoms with van der Waals surface area (Å²) in [6, 6.07) is 1.85. The predicted molar refractivity (Wildman–Crippen MR) is 59.8 cm³/mol. The Bertz CT molecular complexity index is 345. The Hall–Kier alpha value is -1.33. The van der Waals surface area contributed by atoms with Crippen molar-refractivity contribution in [3.8, 4) is 0 Å². The molecule has 5 heteroatoms. The molecule has 1 amide bonds. The lowest BCUT2D eigenvalue weighted by atomic mass is 10.2. The second kappa shape index (κ2) is 5.67. The van der Waals surface area contributed by atoms with Crippen LogP contribution in [0.4, 0.5) is 0 Å². The average molecular weight is 226 g/mol. The van der Waals surface area contributed by atoms with E-state index in [0.29, 0.717) is 6.54 Å². The molecule has 1 unspecified atom stereocenters. The molecular formula is C11H18N2O3. The van der Waals surface area contributed by atoms with Gasteiger partial charge in [-0.25, -0.2) is 0 Å². The number of carbonyl (C=O) groups excluding carboxylic acids is 1. The van der Waals surface area contributed by atoms with Crippen LogP contribution in [0.25, 0.3) is 0 Å². The summed E-state index contributed by atoms with van der Waals surface area (Å²) in [7, 11) is 3.20. The first-order chi connectivity index (χ1) is 7.60. The zero-order valence-electron chi connectivity index (χ0n) is 9.90. The lowest BCUT2D eigenvalue weighted by molar-refractivity contribution is -0.140. The van der Waals surface area contributed by atoms with Gasteiger partial charge in [0.15, 0.2) is 0 Å². The Balaban J connectivity index is 2.62. The Morgan fingerprint density at radius 1 is 1.69 bits per heavy atom. The number of ether oxygens (including phenoxy) is 1. The number of hydrogen-bond acceptors (Lipinski definition) is 4. The molecule has 0 fully saturated rings. The normalized spacial score (nSPS) is 12.5. The summed E-state index contributed by atoms with van der Waals surface area (Å²) in [5.41, 5.74) is 6.42. The molecule has 90 valence electrons. The monoisotopic (exact) mass is 226 g/mol. The van der Waals surface area contributed by atoms with Gasteiger partial charge in [-0.1, -0.05) is 0 Å². The fourth-order valence-corrected chi connectivity index (χ4v) is 1.45. The molecule has 0 aliphatic heterocycles. The van der Waals surface area contributed by atoms with Gasteiger partial charge in [0.1, 0.15) is 11.9 Å². The highest BCUT2D eigenvalue weighted by molar-refractivity contribution is 5.80. The van der Waals surface area contributed by atoms with Crippen molar-refractivity contribution in [2.24, 2.45) is 5.73 Å². The third kappa shape index (κ3) is 2.84. The largest absolute Gasteiger partial charge is 0.469 e. The summed E-state index contributed by atoms with van der Waals surface area (Å²) in [5, 5.41) is 0. The standard InChI is InChI=1S/C11H18N2O3/c1-8-9(4-5-16-8)7-13(2)11(14)10(6-12)15-3/h4-5,10H,6-7,12H2,1-3H3. The molecule has 1 rings (SSSR count). The van der Waals surface area contributed by atoms with E-state index in [1.54, 1.807) is 18.2 Å². The lowest BCUT2D eigenvalue weighted by Crippen LogP contribution is -2.41. The van der Waals surface area contributed by atoms with Crippen molar-refractivity contribution in [2.75, 3.05) is 20.7 Å². The van der Waals surface area contributed by atoms with E-state index in [1.165, 1.54) is 7.11 Å². The summed E-state index contributed by atoms with van der Waals surface area (Å²) in [4.78, 5) is 13.4. The molecule has 0 saturated carbocycles. The molecule has 0 aliphatic rings.